The van der Waals surface area contributed by atoms with Crippen molar-refractivity contribution in [2.24, 2.45) is 0 Å². The highest BCUT2D eigenvalue weighted by Crippen LogP contribution is 2.39. The number of halogens is 2. The largest absolute Gasteiger partial charge is 0.370 e. The van der Waals surface area contributed by atoms with Gasteiger partial charge in [0.1, 0.15) is 23.6 Å². The summed E-state index contributed by atoms with van der Waals surface area (Å²) in [7, 11) is 0. The molecule has 2 fully saturated rings. The van der Waals surface area contributed by atoms with Gasteiger partial charge in [0.15, 0.2) is 0 Å². The minimum absolute atomic E-state index is 0.188. The lowest BCUT2D eigenvalue weighted by Crippen LogP contribution is -2.39. The van der Waals surface area contributed by atoms with Crippen molar-refractivity contribution >= 4 is 17.4 Å². The molecule has 1 aromatic heterocycles. The Balaban J connectivity index is 1.58. The average Bonchev–Trinajstić information content (AvgIpc) is 3.39. The second-order valence-corrected chi connectivity index (χ2v) is 6.88. The number of hydrogen-bond donors (Lipinski definition) is 0. The number of aryl methyl sites for hydroxylation is 1. The third-order valence-electron chi connectivity index (χ3n) is 4.50. The number of benzene rings is 1. The minimum Gasteiger partial charge on any atom is -0.370 e. The van der Waals surface area contributed by atoms with Crippen LogP contribution in [0.15, 0.2) is 24.3 Å². The molecule has 1 aliphatic carbocycles. The van der Waals surface area contributed by atoms with Crippen molar-refractivity contribution in [2.75, 3.05) is 24.6 Å². The summed E-state index contributed by atoms with van der Waals surface area (Å²) >= 11 is 6.19. The van der Waals surface area contributed by atoms with Crippen LogP contribution in [0.5, 0.6) is 0 Å². The van der Waals surface area contributed by atoms with Gasteiger partial charge >= 0.3 is 0 Å². The zero-order valence-corrected chi connectivity index (χ0v) is 14.3. The molecule has 4 rings (SSSR count). The third-order valence-corrected chi connectivity index (χ3v) is 4.83. The van der Waals surface area contributed by atoms with Crippen LogP contribution in [0.25, 0.3) is 0 Å². The van der Waals surface area contributed by atoms with Gasteiger partial charge in [0.25, 0.3) is 0 Å². The first kappa shape index (κ1) is 15.8. The van der Waals surface area contributed by atoms with Crippen molar-refractivity contribution in [3.8, 4) is 0 Å². The highest BCUT2D eigenvalue weighted by atomic mass is 35.5. The van der Waals surface area contributed by atoms with E-state index in [-0.39, 0.29) is 11.9 Å². The molecule has 0 radical (unpaired) electrons. The Morgan fingerprint density at radius 3 is 2.83 bits per heavy atom. The molecule has 126 valence electrons. The van der Waals surface area contributed by atoms with Crippen molar-refractivity contribution in [3.05, 3.63) is 52.2 Å². The summed E-state index contributed by atoms with van der Waals surface area (Å²) in [5.74, 6) is 2.08. The van der Waals surface area contributed by atoms with Crippen molar-refractivity contribution in [2.45, 2.75) is 31.8 Å². The third kappa shape index (κ3) is 3.23. The van der Waals surface area contributed by atoms with Crippen molar-refractivity contribution < 1.29 is 9.13 Å². The normalized spacial score (nSPS) is 21.1. The monoisotopic (exact) mass is 347 g/mol. The van der Waals surface area contributed by atoms with Gasteiger partial charge in [-0.2, -0.15) is 0 Å². The van der Waals surface area contributed by atoms with Crippen LogP contribution in [-0.4, -0.2) is 29.7 Å². The molecule has 1 aliphatic heterocycles. The van der Waals surface area contributed by atoms with E-state index in [0.717, 1.165) is 29.4 Å². The van der Waals surface area contributed by atoms with Gasteiger partial charge < -0.3 is 9.64 Å². The fourth-order valence-electron chi connectivity index (χ4n) is 3.07. The van der Waals surface area contributed by atoms with Crippen LogP contribution in [0.4, 0.5) is 10.2 Å². The highest BCUT2D eigenvalue weighted by Gasteiger charge is 2.29. The Kier molecular flexibility index (Phi) is 4.14. The van der Waals surface area contributed by atoms with E-state index in [2.05, 4.69) is 9.88 Å². The summed E-state index contributed by atoms with van der Waals surface area (Å²) in [6.45, 7) is 4.01. The van der Waals surface area contributed by atoms with Gasteiger partial charge in [-0.15, -0.1) is 0 Å². The lowest BCUT2D eigenvalue weighted by atomic mass is 10.1. The van der Waals surface area contributed by atoms with Crippen LogP contribution in [0, 0.1) is 12.7 Å². The molecule has 2 aromatic rings. The van der Waals surface area contributed by atoms with Gasteiger partial charge in [0.2, 0.25) is 0 Å². The summed E-state index contributed by atoms with van der Waals surface area (Å²) < 4.78 is 19.1. The Bertz CT molecular complexity index is 766. The molecule has 24 heavy (non-hydrogen) atoms. The molecular formula is C18H19ClFN3O. The Labute approximate surface area is 145 Å². The van der Waals surface area contributed by atoms with Crippen molar-refractivity contribution in [1.29, 1.82) is 0 Å². The number of morpholine rings is 1. The smallest absolute Gasteiger partial charge is 0.134 e. The van der Waals surface area contributed by atoms with E-state index in [4.69, 9.17) is 21.3 Å². The molecule has 0 amide bonds. The van der Waals surface area contributed by atoms with Crippen LogP contribution in [-0.2, 0) is 4.74 Å². The molecule has 0 bridgehead atoms. The second kappa shape index (κ2) is 6.30. The molecule has 2 heterocycles. The first-order valence-corrected chi connectivity index (χ1v) is 8.65. The predicted octanol–water partition coefficient (Wildman–Crippen LogP) is 4.03. The van der Waals surface area contributed by atoms with Gasteiger partial charge in [-0.1, -0.05) is 17.7 Å². The lowest BCUT2D eigenvalue weighted by molar-refractivity contribution is 0.0395. The average molecular weight is 348 g/mol. The van der Waals surface area contributed by atoms with Gasteiger partial charge in [-0.3, -0.25) is 0 Å². The molecule has 0 spiro atoms. The highest BCUT2D eigenvalue weighted by molar-refractivity contribution is 6.31. The summed E-state index contributed by atoms with van der Waals surface area (Å²) in [4.78, 5) is 11.5. The maximum atomic E-state index is 13.3. The van der Waals surface area contributed by atoms with Crippen molar-refractivity contribution in [1.82, 2.24) is 9.97 Å². The SMILES string of the molecule is Cc1cc(N2CCO[C@@H](c3ccc(F)cc3Cl)C2)nc(C2CC2)n1. The van der Waals surface area contributed by atoms with E-state index >= 15 is 0 Å². The zero-order chi connectivity index (χ0) is 16.7. The molecule has 1 aromatic carbocycles. The van der Waals surface area contributed by atoms with E-state index in [1.54, 1.807) is 6.07 Å². The van der Waals surface area contributed by atoms with Crippen LogP contribution < -0.4 is 4.90 Å². The maximum Gasteiger partial charge on any atom is 0.134 e. The topological polar surface area (TPSA) is 38.2 Å². The number of ether oxygens (including phenoxy) is 1. The predicted molar refractivity (Wildman–Crippen MR) is 91.1 cm³/mol. The first-order valence-electron chi connectivity index (χ1n) is 8.27. The Morgan fingerprint density at radius 2 is 2.08 bits per heavy atom. The fraction of sp³-hybridized carbons (Fsp3) is 0.444. The number of anilines is 1. The Morgan fingerprint density at radius 1 is 1.25 bits per heavy atom. The van der Waals surface area contributed by atoms with Gasteiger partial charge in [0.05, 0.1) is 6.61 Å². The van der Waals surface area contributed by atoms with E-state index in [1.807, 2.05) is 13.0 Å². The summed E-state index contributed by atoms with van der Waals surface area (Å²) in [6, 6.07) is 6.47. The van der Waals surface area contributed by atoms with E-state index < -0.39 is 0 Å². The number of hydrogen-bond acceptors (Lipinski definition) is 4. The lowest BCUT2D eigenvalue weighted by Gasteiger charge is -2.34. The number of aromatic nitrogens is 2. The van der Waals surface area contributed by atoms with Gasteiger partial charge in [-0.25, -0.2) is 14.4 Å². The van der Waals surface area contributed by atoms with E-state index in [0.29, 0.717) is 24.1 Å². The first-order chi connectivity index (χ1) is 11.6. The zero-order valence-electron chi connectivity index (χ0n) is 13.5. The molecule has 4 nitrogen and oxygen atoms in total. The molecule has 6 heteroatoms. The van der Waals surface area contributed by atoms with Gasteiger partial charge in [-0.05, 0) is 31.9 Å². The number of rotatable bonds is 3. The summed E-state index contributed by atoms with van der Waals surface area (Å²) in [5, 5.41) is 0.402. The van der Waals surface area contributed by atoms with Crippen LogP contribution in [0.1, 0.15) is 41.9 Å². The molecule has 1 atom stereocenters. The standard InChI is InChI=1S/C18H19ClFN3O/c1-11-8-17(22-18(21-11)12-2-3-12)23-6-7-24-16(10-23)14-5-4-13(20)9-15(14)19/h4-5,8-9,12,16H,2-3,6-7,10H2,1H3/t16-/m1/s1. The molecule has 2 aliphatic rings. The fourth-order valence-corrected chi connectivity index (χ4v) is 3.36. The van der Waals surface area contributed by atoms with Crippen LogP contribution >= 0.6 is 11.6 Å². The molecule has 0 unspecified atom stereocenters. The molecule has 1 saturated carbocycles. The quantitative estimate of drug-likeness (QED) is 0.840. The molecule has 1 saturated heterocycles. The maximum absolute atomic E-state index is 13.3. The van der Waals surface area contributed by atoms with Gasteiger partial charge in [0, 0.05) is 41.4 Å². The summed E-state index contributed by atoms with van der Waals surface area (Å²) in [5.41, 5.74) is 1.81. The van der Waals surface area contributed by atoms with Crippen LogP contribution in [0.3, 0.4) is 0 Å². The van der Waals surface area contributed by atoms with Crippen LogP contribution in [0.2, 0.25) is 5.02 Å². The van der Waals surface area contributed by atoms with Crippen molar-refractivity contribution in [3.63, 3.8) is 0 Å². The summed E-state index contributed by atoms with van der Waals surface area (Å²) in [6.07, 6.45) is 2.17. The van der Waals surface area contributed by atoms with E-state index in [1.165, 1.54) is 25.0 Å². The minimum atomic E-state index is -0.336. The molecular weight excluding hydrogens is 329 g/mol. The number of nitrogens with zero attached hydrogens (tertiary/aromatic N) is 3. The second-order valence-electron chi connectivity index (χ2n) is 6.47. The Hall–Kier alpha value is -1.72. The molecule has 0 N–H and O–H groups in total. The van der Waals surface area contributed by atoms with E-state index in [9.17, 15) is 4.39 Å².